The van der Waals surface area contributed by atoms with Gasteiger partial charge in [-0.2, -0.15) is 13.2 Å². The van der Waals surface area contributed by atoms with Crippen LogP contribution in [-0.4, -0.2) is 17.6 Å². The van der Waals surface area contributed by atoms with Crippen molar-refractivity contribution in [3.8, 4) is 5.75 Å². The van der Waals surface area contributed by atoms with Crippen molar-refractivity contribution in [2.24, 2.45) is 0 Å². The Labute approximate surface area is 140 Å². The number of aromatic nitrogens is 1. The maximum atomic E-state index is 14.0. The fourth-order valence-electron chi connectivity index (χ4n) is 2.61. The smallest absolute Gasteiger partial charge is 0.416 e. The number of halogens is 4. The van der Waals surface area contributed by atoms with Crippen LogP contribution in [0.3, 0.4) is 0 Å². The summed E-state index contributed by atoms with van der Waals surface area (Å²) in [7, 11) is 1.32. The first-order valence-electron chi connectivity index (χ1n) is 7.22. The van der Waals surface area contributed by atoms with E-state index in [1.54, 1.807) is 6.92 Å². The van der Waals surface area contributed by atoms with E-state index in [4.69, 9.17) is 4.74 Å². The molecule has 7 heteroatoms. The number of aryl methyl sites for hydroxylation is 1. The maximum absolute atomic E-state index is 14.0. The second-order valence-corrected chi connectivity index (χ2v) is 5.43. The Morgan fingerprint density at radius 1 is 1.16 bits per heavy atom. The number of carbonyl (C=O) groups is 1. The Hall–Kier alpha value is -2.83. The first-order valence-corrected chi connectivity index (χ1v) is 7.22. The topological polar surface area (TPSA) is 31.2 Å². The van der Waals surface area contributed by atoms with Crippen LogP contribution in [0.15, 0.2) is 36.4 Å². The van der Waals surface area contributed by atoms with Gasteiger partial charge in [0.25, 0.3) is 5.91 Å². The molecule has 0 aliphatic heterocycles. The van der Waals surface area contributed by atoms with Gasteiger partial charge in [0.05, 0.1) is 18.2 Å². The fraction of sp³-hybridized carbons (Fsp3) is 0.167. The standard InChI is InChI=1S/C18H12F4NO2/c1-10-7-12-8-16(25-2)14(19)9-15(12)23(10)17(24)11-3-5-13(6-4-11)18(20,21)22/h3-6,8-9H,1-2H3. The molecule has 0 N–H and O–H groups in total. The van der Waals surface area contributed by atoms with Gasteiger partial charge in [0, 0.05) is 28.8 Å². The van der Waals surface area contributed by atoms with Gasteiger partial charge < -0.3 is 4.74 Å². The molecule has 0 spiro atoms. The molecule has 129 valence electrons. The molecule has 0 bridgehead atoms. The highest BCUT2D eigenvalue weighted by Crippen LogP contribution is 2.30. The van der Waals surface area contributed by atoms with Gasteiger partial charge in [-0.1, -0.05) is 0 Å². The van der Waals surface area contributed by atoms with Crippen molar-refractivity contribution in [3.05, 3.63) is 65.1 Å². The minimum atomic E-state index is -4.48. The van der Waals surface area contributed by atoms with Crippen LogP contribution < -0.4 is 4.74 Å². The molecule has 0 saturated carbocycles. The molecule has 2 aromatic carbocycles. The highest BCUT2D eigenvalue weighted by atomic mass is 19.4. The van der Waals surface area contributed by atoms with E-state index in [1.165, 1.54) is 17.7 Å². The van der Waals surface area contributed by atoms with Gasteiger partial charge in [-0.15, -0.1) is 0 Å². The zero-order chi connectivity index (χ0) is 18.4. The Morgan fingerprint density at radius 3 is 2.36 bits per heavy atom. The summed E-state index contributed by atoms with van der Waals surface area (Å²) in [5.74, 6) is -1.20. The molecule has 25 heavy (non-hydrogen) atoms. The van der Waals surface area contributed by atoms with E-state index in [9.17, 15) is 22.4 Å². The number of carbonyl (C=O) groups excluding carboxylic acids is 1. The van der Waals surface area contributed by atoms with Crippen LogP contribution in [0, 0.1) is 18.8 Å². The Balaban J connectivity index is 2.08. The highest BCUT2D eigenvalue weighted by molar-refractivity contribution is 6.03. The van der Waals surface area contributed by atoms with Crippen LogP contribution in [0.4, 0.5) is 17.6 Å². The number of alkyl halides is 3. The van der Waals surface area contributed by atoms with Crippen molar-refractivity contribution >= 4 is 16.8 Å². The lowest BCUT2D eigenvalue weighted by Crippen LogP contribution is -2.14. The summed E-state index contributed by atoms with van der Waals surface area (Å²) in [6.07, 6.45) is -4.48. The Bertz CT molecular complexity index is 956. The summed E-state index contributed by atoms with van der Waals surface area (Å²) in [5.41, 5.74) is -0.119. The molecule has 0 aliphatic carbocycles. The summed E-state index contributed by atoms with van der Waals surface area (Å²) in [4.78, 5) is 12.7. The minimum absolute atomic E-state index is 0.0166. The normalized spacial score (nSPS) is 11.8. The second kappa shape index (κ2) is 5.91. The van der Waals surface area contributed by atoms with E-state index < -0.39 is 23.5 Å². The molecule has 1 radical (unpaired) electrons. The molecular weight excluding hydrogens is 338 g/mol. The van der Waals surface area contributed by atoms with Gasteiger partial charge in [0.15, 0.2) is 11.6 Å². The van der Waals surface area contributed by atoms with Gasteiger partial charge in [-0.05, 0) is 37.3 Å². The Morgan fingerprint density at radius 2 is 1.80 bits per heavy atom. The molecule has 0 saturated heterocycles. The van der Waals surface area contributed by atoms with E-state index in [0.29, 0.717) is 11.1 Å². The molecule has 3 nitrogen and oxygen atoms in total. The molecule has 0 atom stereocenters. The lowest BCUT2D eigenvalue weighted by atomic mass is 10.1. The van der Waals surface area contributed by atoms with Gasteiger partial charge in [-0.3, -0.25) is 9.36 Å². The molecular formula is C18H12F4NO2. The van der Waals surface area contributed by atoms with Gasteiger partial charge in [-0.25, -0.2) is 4.39 Å². The highest BCUT2D eigenvalue weighted by Gasteiger charge is 2.30. The third kappa shape index (κ3) is 2.97. The van der Waals surface area contributed by atoms with Crippen molar-refractivity contribution in [3.63, 3.8) is 0 Å². The molecule has 0 unspecified atom stereocenters. The van der Waals surface area contributed by atoms with Crippen LogP contribution in [-0.2, 0) is 6.18 Å². The minimum Gasteiger partial charge on any atom is -0.494 e. The van der Waals surface area contributed by atoms with E-state index >= 15 is 0 Å². The van der Waals surface area contributed by atoms with Crippen molar-refractivity contribution in [1.29, 1.82) is 0 Å². The maximum Gasteiger partial charge on any atom is 0.416 e. The lowest BCUT2D eigenvalue weighted by molar-refractivity contribution is -0.137. The zero-order valence-electron chi connectivity index (χ0n) is 13.2. The summed E-state index contributed by atoms with van der Waals surface area (Å²) >= 11 is 0. The summed E-state index contributed by atoms with van der Waals surface area (Å²) in [5, 5.41) is 0.469. The number of ether oxygens (including phenoxy) is 1. The third-order valence-corrected chi connectivity index (χ3v) is 3.82. The SMILES string of the molecule is COc1cc2[c]c(C)n(C(=O)c3ccc(C(F)(F)F)cc3)c2cc1F. The largest absolute Gasteiger partial charge is 0.494 e. The van der Waals surface area contributed by atoms with Crippen LogP contribution in [0.25, 0.3) is 10.9 Å². The molecule has 0 fully saturated rings. The lowest BCUT2D eigenvalue weighted by Gasteiger charge is -2.10. The summed E-state index contributed by atoms with van der Waals surface area (Å²) in [6.45, 7) is 1.60. The number of benzene rings is 2. The van der Waals surface area contributed by atoms with Crippen LogP contribution >= 0.6 is 0 Å². The van der Waals surface area contributed by atoms with E-state index in [0.717, 1.165) is 30.3 Å². The van der Waals surface area contributed by atoms with Crippen molar-refractivity contribution in [2.45, 2.75) is 13.1 Å². The van der Waals surface area contributed by atoms with Crippen molar-refractivity contribution in [1.82, 2.24) is 4.57 Å². The average molecular weight is 350 g/mol. The summed E-state index contributed by atoms with van der Waals surface area (Å²) in [6, 6.07) is 9.34. The molecule has 1 aromatic heterocycles. The number of nitrogens with zero attached hydrogens (tertiary/aromatic N) is 1. The molecule has 0 aliphatic rings. The number of rotatable bonds is 2. The molecule has 1 heterocycles. The monoisotopic (exact) mass is 350 g/mol. The fourth-order valence-corrected chi connectivity index (χ4v) is 2.61. The number of hydrogen-bond acceptors (Lipinski definition) is 2. The molecule has 3 rings (SSSR count). The van der Waals surface area contributed by atoms with Gasteiger partial charge >= 0.3 is 6.18 Å². The Kier molecular flexibility index (Phi) is 4.02. The first-order chi connectivity index (χ1) is 11.7. The second-order valence-electron chi connectivity index (χ2n) is 5.43. The van der Waals surface area contributed by atoms with E-state index in [2.05, 4.69) is 6.07 Å². The number of hydrogen-bond donors (Lipinski definition) is 0. The van der Waals surface area contributed by atoms with Crippen LogP contribution in [0.2, 0.25) is 0 Å². The predicted octanol–water partition coefficient (Wildman–Crippen LogP) is 4.60. The number of methoxy groups -OCH3 is 1. The first kappa shape index (κ1) is 17.0. The average Bonchev–Trinajstić information content (AvgIpc) is 2.87. The van der Waals surface area contributed by atoms with E-state index in [1.807, 2.05) is 0 Å². The zero-order valence-corrected chi connectivity index (χ0v) is 13.2. The van der Waals surface area contributed by atoms with Gasteiger partial charge in [0.2, 0.25) is 0 Å². The molecule has 3 aromatic rings. The van der Waals surface area contributed by atoms with Gasteiger partial charge in [0.1, 0.15) is 0 Å². The number of fused-ring (bicyclic) bond motifs is 1. The predicted molar refractivity (Wildman–Crippen MR) is 83.2 cm³/mol. The van der Waals surface area contributed by atoms with E-state index in [-0.39, 0.29) is 16.8 Å². The van der Waals surface area contributed by atoms with Crippen molar-refractivity contribution < 1.29 is 27.1 Å². The van der Waals surface area contributed by atoms with Crippen molar-refractivity contribution in [2.75, 3.05) is 7.11 Å². The van der Waals surface area contributed by atoms with Crippen LogP contribution in [0.1, 0.15) is 21.6 Å². The quantitative estimate of drug-likeness (QED) is 0.632. The molecule has 0 amide bonds. The summed E-state index contributed by atoms with van der Waals surface area (Å²) < 4.78 is 58.0. The third-order valence-electron chi connectivity index (χ3n) is 3.82. The van der Waals surface area contributed by atoms with Crippen LogP contribution in [0.5, 0.6) is 5.75 Å².